The van der Waals surface area contributed by atoms with Crippen LogP contribution in [0.5, 0.6) is 5.75 Å². The van der Waals surface area contributed by atoms with Crippen molar-refractivity contribution in [1.82, 2.24) is 14.5 Å². The van der Waals surface area contributed by atoms with Gasteiger partial charge in [0.1, 0.15) is 11.4 Å². The first-order chi connectivity index (χ1) is 14.2. The van der Waals surface area contributed by atoms with E-state index in [2.05, 4.69) is 22.1 Å². The molecule has 2 aliphatic heterocycles. The lowest BCUT2D eigenvalue weighted by molar-refractivity contribution is 0.475. The van der Waals surface area contributed by atoms with E-state index in [9.17, 15) is 9.90 Å². The molecule has 6 heteroatoms. The number of fused-ring (bicyclic) bond motifs is 1. The number of imidazole rings is 1. The molecule has 2 N–H and O–H groups in total. The summed E-state index contributed by atoms with van der Waals surface area (Å²) in [6, 6.07) is 20.8. The number of hydrogen-bond acceptors (Lipinski definition) is 4. The molecule has 5 nitrogen and oxygen atoms in total. The molecule has 3 heterocycles. The Labute approximate surface area is 170 Å². The minimum Gasteiger partial charge on any atom is -0.508 e. The Balaban J connectivity index is 1.72. The van der Waals surface area contributed by atoms with Crippen LogP contribution in [0.1, 0.15) is 11.3 Å². The molecule has 29 heavy (non-hydrogen) atoms. The van der Waals surface area contributed by atoms with Gasteiger partial charge in [0.2, 0.25) is 0 Å². The number of aromatic amines is 1. The number of aromatic hydroxyl groups is 1. The molecule has 2 aliphatic rings. The van der Waals surface area contributed by atoms with E-state index in [1.54, 1.807) is 22.9 Å². The van der Waals surface area contributed by atoms with E-state index in [4.69, 9.17) is 0 Å². The van der Waals surface area contributed by atoms with Crippen LogP contribution in [0.2, 0.25) is 0 Å². The van der Waals surface area contributed by atoms with Gasteiger partial charge >= 0.3 is 0 Å². The van der Waals surface area contributed by atoms with E-state index < -0.39 is 0 Å². The van der Waals surface area contributed by atoms with Gasteiger partial charge in [-0.25, -0.2) is 4.98 Å². The number of phenols is 1. The third-order valence-corrected chi connectivity index (χ3v) is 5.71. The molecule has 0 saturated carbocycles. The maximum absolute atomic E-state index is 13.1. The first kappa shape index (κ1) is 17.5. The minimum absolute atomic E-state index is 0.134. The molecular formula is C23H17N3O2S. The first-order valence-corrected chi connectivity index (χ1v) is 10.1. The van der Waals surface area contributed by atoms with Gasteiger partial charge in [0.05, 0.1) is 16.3 Å². The minimum atomic E-state index is -0.134. The molecule has 0 spiro atoms. The third kappa shape index (κ3) is 3.23. The van der Waals surface area contributed by atoms with Gasteiger partial charge in [0.15, 0.2) is 5.82 Å². The zero-order valence-electron chi connectivity index (χ0n) is 15.4. The lowest BCUT2D eigenvalue weighted by Gasteiger charge is -2.13. The van der Waals surface area contributed by atoms with Crippen LogP contribution >= 0.6 is 11.3 Å². The Bertz CT molecular complexity index is 1290. The molecule has 0 saturated heterocycles. The van der Waals surface area contributed by atoms with E-state index in [1.807, 2.05) is 47.8 Å². The van der Waals surface area contributed by atoms with Gasteiger partial charge in [0, 0.05) is 12.6 Å². The van der Waals surface area contributed by atoms with Crippen molar-refractivity contribution < 1.29 is 5.11 Å². The molecule has 0 radical (unpaired) electrons. The van der Waals surface area contributed by atoms with E-state index in [0.717, 1.165) is 27.4 Å². The molecule has 2 aromatic carbocycles. The quantitative estimate of drug-likeness (QED) is 0.461. The van der Waals surface area contributed by atoms with Crippen LogP contribution in [0.25, 0.3) is 27.6 Å². The van der Waals surface area contributed by atoms with Crippen LogP contribution in [0.3, 0.4) is 0 Å². The van der Waals surface area contributed by atoms with Crippen molar-refractivity contribution >= 4 is 11.3 Å². The van der Waals surface area contributed by atoms with Crippen molar-refractivity contribution in [3.8, 4) is 33.4 Å². The Morgan fingerprint density at radius 3 is 2.52 bits per heavy atom. The standard InChI is InChI=1S/C23H17N3O2S/c27-17-10-8-16(9-11-17)19-14-26-22(18(24-19)13-15-5-2-1-3-6-15)25-21(23(26)28)20-7-4-12-29-20/h1-12,14,24,27H,13H2. The summed E-state index contributed by atoms with van der Waals surface area (Å²) in [6.45, 7) is 0. The highest BCUT2D eigenvalue weighted by atomic mass is 32.1. The fourth-order valence-corrected chi connectivity index (χ4v) is 4.12. The van der Waals surface area contributed by atoms with E-state index in [-0.39, 0.29) is 11.3 Å². The van der Waals surface area contributed by atoms with E-state index in [0.29, 0.717) is 17.9 Å². The van der Waals surface area contributed by atoms with Crippen LogP contribution in [0.4, 0.5) is 0 Å². The van der Waals surface area contributed by atoms with Crippen LogP contribution in [0.15, 0.2) is 83.1 Å². The number of rotatable bonds is 4. The predicted octanol–water partition coefficient (Wildman–Crippen LogP) is 4.69. The zero-order valence-corrected chi connectivity index (χ0v) is 16.2. The predicted molar refractivity (Wildman–Crippen MR) is 115 cm³/mol. The van der Waals surface area contributed by atoms with Gasteiger partial charge < -0.3 is 10.1 Å². The van der Waals surface area contributed by atoms with Crippen LogP contribution in [0, 0.1) is 0 Å². The SMILES string of the molecule is O=c1c(-c2cccs2)nc2c(Cc3ccccc3)[nH]c(-c3ccc(O)cc3)cn1-2. The number of thiophene rings is 1. The highest BCUT2D eigenvalue weighted by Crippen LogP contribution is 2.27. The summed E-state index contributed by atoms with van der Waals surface area (Å²) in [5.41, 5.74) is 3.99. The normalized spacial score (nSPS) is 11.2. The molecule has 142 valence electrons. The summed E-state index contributed by atoms with van der Waals surface area (Å²) in [5.74, 6) is 0.830. The molecule has 0 atom stereocenters. The lowest BCUT2D eigenvalue weighted by atomic mass is 10.1. The number of hydrogen-bond donors (Lipinski definition) is 2. The van der Waals surface area contributed by atoms with Crippen LogP contribution in [-0.2, 0) is 6.42 Å². The Hall–Kier alpha value is -3.64. The second kappa shape index (κ2) is 7.07. The van der Waals surface area contributed by atoms with Crippen LogP contribution < -0.4 is 5.56 Å². The van der Waals surface area contributed by atoms with Crippen molar-refractivity contribution in [2.24, 2.45) is 0 Å². The van der Waals surface area contributed by atoms with Crippen molar-refractivity contribution in [2.75, 3.05) is 0 Å². The van der Waals surface area contributed by atoms with Crippen molar-refractivity contribution in [3.63, 3.8) is 0 Å². The van der Waals surface area contributed by atoms with Gasteiger partial charge in [-0.3, -0.25) is 9.36 Å². The van der Waals surface area contributed by atoms with Gasteiger partial charge in [-0.2, -0.15) is 0 Å². The number of nitrogens with one attached hydrogen (secondary N) is 1. The molecule has 0 bridgehead atoms. The number of benzene rings is 2. The Morgan fingerprint density at radius 2 is 1.79 bits per heavy atom. The number of aromatic nitrogens is 3. The summed E-state index contributed by atoms with van der Waals surface area (Å²) in [4.78, 5) is 22.1. The Kier molecular flexibility index (Phi) is 4.26. The van der Waals surface area contributed by atoms with Crippen LogP contribution in [-0.4, -0.2) is 19.6 Å². The fraction of sp³-hybridized carbons (Fsp3) is 0.0435. The summed E-state index contributed by atoms with van der Waals surface area (Å²) < 4.78 is 1.62. The number of H-pyrrole nitrogens is 1. The van der Waals surface area contributed by atoms with E-state index in [1.165, 1.54) is 11.3 Å². The van der Waals surface area contributed by atoms with Crippen molar-refractivity contribution in [1.29, 1.82) is 0 Å². The smallest absolute Gasteiger partial charge is 0.283 e. The summed E-state index contributed by atoms with van der Waals surface area (Å²) in [5, 5.41) is 11.5. The Morgan fingerprint density at radius 1 is 1.00 bits per heavy atom. The number of phenolic OH excluding ortho intramolecular Hbond substituents is 1. The van der Waals surface area contributed by atoms with Gasteiger partial charge in [-0.1, -0.05) is 36.4 Å². The molecule has 1 aromatic heterocycles. The topological polar surface area (TPSA) is 70.9 Å². The maximum atomic E-state index is 13.1. The van der Waals surface area contributed by atoms with Gasteiger partial charge in [-0.15, -0.1) is 11.3 Å². The molecule has 0 amide bonds. The molecule has 0 unspecified atom stereocenters. The zero-order chi connectivity index (χ0) is 19.8. The average molecular weight is 399 g/mol. The second-order valence-electron chi connectivity index (χ2n) is 6.79. The molecule has 0 aliphatic carbocycles. The lowest BCUT2D eigenvalue weighted by Crippen LogP contribution is -2.16. The monoisotopic (exact) mass is 399 g/mol. The van der Waals surface area contributed by atoms with Crippen molar-refractivity contribution in [2.45, 2.75) is 6.42 Å². The molecule has 5 rings (SSSR count). The number of nitrogens with zero attached hydrogens (tertiary/aromatic N) is 2. The molecule has 0 fully saturated rings. The fourth-order valence-electron chi connectivity index (χ4n) is 3.42. The third-order valence-electron chi connectivity index (χ3n) is 4.84. The average Bonchev–Trinajstić information content (AvgIpc) is 3.38. The summed E-state index contributed by atoms with van der Waals surface area (Å²) in [6.07, 6.45) is 2.40. The highest BCUT2D eigenvalue weighted by molar-refractivity contribution is 7.13. The van der Waals surface area contributed by atoms with Gasteiger partial charge in [0.25, 0.3) is 5.56 Å². The van der Waals surface area contributed by atoms with E-state index >= 15 is 0 Å². The first-order valence-electron chi connectivity index (χ1n) is 9.20. The highest BCUT2D eigenvalue weighted by Gasteiger charge is 2.21. The molecular weight excluding hydrogens is 382 g/mol. The summed E-state index contributed by atoms with van der Waals surface area (Å²) in [7, 11) is 0. The van der Waals surface area contributed by atoms with Crippen molar-refractivity contribution in [3.05, 3.63) is 99.9 Å². The molecule has 3 aromatic rings. The largest absolute Gasteiger partial charge is 0.508 e. The maximum Gasteiger partial charge on any atom is 0.283 e. The summed E-state index contributed by atoms with van der Waals surface area (Å²) >= 11 is 1.50. The second-order valence-corrected chi connectivity index (χ2v) is 7.74. The van der Waals surface area contributed by atoms with Gasteiger partial charge in [-0.05, 0) is 46.8 Å².